The number of amides is 2. The molecule has 0 aliphatic rings. The summed E-state index contributed by atoms with van der Waals surface area (Å²) >= 11 is 0. The summed E-state index contributed by atoms with van der Waals surface area (Å²) in [5.74, 6) is -0.774. The Labute approximate surface area is 214 Å². The number of benzene rings is 2. The van der Waals surface area contributed by atoms with E-state index in [1.807, 2.05) is 52.0 Å². The molecule has 2 aromatic carbocycles. The maximum atomic E-state index is 13.7. The molecular formula is C27H37N3O5S. The molecule has 0 aliphatic carbocycles. The topological polar surface area (TPSA) is 104 Å². The van der Waals surface area contributed by atoms with E-state index in [4.69, 9.17) is 0 Å². The van der Waals surface area contributed by atoms with Crippen LogP contribution in [-0.4, -0.2) is 56.3 Å². The van der Waals surface area contributed by atoms with Crippen molar-refractivity contribution in [3.63, 3.8) is 0 Å². The maximum absolute atomic E-state index is 13.7. The van der Waals surface area contributed by atoms with Crippen LogP contribution in [0, 0.1) is 12.8 Å². The second-order valence-corrected chi connectivity index (χ2v) is 11.4. The first-order valence-corrected chi connectivity index (χ1v) is 13.9. The molecule has 2 rings (SSSR count). The zero-order valence-electron chi connectivity index (χ0n) is 21.9. The Hall–Kier alpha value is -3.20. The van der Waals surface area contributed by atoms with Gasteiger partial charge in [-0.3, -0.25) is 18.7 Å². The number of rotatable bonds is 12. The van der Waals surface area contributed by atoms with Crippen LogP contribution in [-0.2, 0) is 26.2 Å². The normalized spacial score (nSPS) is 12.2. The fourth-order valence-corrected chi connectivity index (χ4v) is 4.57. The largest absolute Gasteiger partial charge is 0.354 e. The third-order valence-corrected chi connectivity index (χ3v) is 6.90. The van der Waals surface area contributed by atoms with Gasteiger partial charge in [0.25, 0.3) is 0 Å². The maximum Gasteiger partial charge on any atom is 0.244 e. The Balaban J connectivity index is 2.45. The molecule has 0 saturated carbocycles. The van der Waals surface area contributed by atoms with Gasteiger partial charge in [0, 0.05) is 18.7 Å². The van der Waals surface area contributed by atoms with E-state index in [-0.39, 0.29) is 29.8 Å². The highest BCUT2D eigenvalue weighted by Gasteiger charge is 2.31. The van der Waals surface area contributed by atoms with E-state index in [0.29, 0.717) is 18.5 Å². The number of carbonyl (C=O) groups is 3. The first-order chi connectivity index (χ1) is 16.8. The lowest BCUT2D eigenvalue weighted by Gasteiger charge is -2.33. The summed E-state index contributed by atoms with van der Waals surface area (Å²) in [6, 6.07) is 13.0. The number of nitrogens with one attached hydrogen (secondary N) is 1. The standard InChI is InChI=1S/C27H37N3O5S/c1-7-25(27(33)28-16-19(2)3)29(17-22-13-11-20(4)12-14-22)26(32)18-30(36(6,34)35)24-10-8-9-23(15-24)21(5)31/h8-15,19,25H,7,16-18H2,1-6H3,(H,28,33)/t25-/m1/s1. The Morgan fingerprint density at radius 3 is 2.19 bits per heavy atom. The van der Waals surface area contributed by atoms with Crippen LogP contribution in [0.2, 0.25) is 0 Å². The van der Waals surface area contributed by atoms with Gasteiger partial charge < -0.3 is 10.2 Å². The number of sulfonamides is 1. The molecule has 1 N–H and O–H groups in total. The van der Waals surface area contributed by atoms with Crippen molar-refractivity contribution in [2.75, 3.05) is 23.7 Å². The molecule has 0 unspecified atom stereocenters. The minimum atomic E-state index is -3.87. The van der Waals surface area contributed by atoms with E-state index in [0.717, 1.165) is 21.7 Å². The van der Waals surface area contributed by atoms with E-state index in [9.17, 15) is 22.8 Å². The summed E-state index contributed by atoms with van der Waals surface area (Å²) in [7, 11) is -3.87. The Bertz CT molecular complexity index is 1180. The molecule has 2 amide bonds. The third-order valence-electron chi connectivity index (χ3n) is 5.76. The van der Waals surface area contributed by atoms with E-state index in [1.54, 1.807) is 12.1 Å². The van der Waals surface area contributed by atoms with Crippen LogP contribution in [0.3, 0.4) is 0 Å². The van der Waals surface area contributed by atoms with Crippen molar-refractivity contribution in [3.8, 4) is 0 Å². The monoisotopic (exact) mass is 515 g/mol. The summed E-state index contributed by atoms with van der Waals surface area (Å²) < 4.78 is 26.4. The summed E-state index contributed by atoms with van der Waals surface area (Å²) in [4.78, 5) is 40.0. The molecule has 2 aromatic rings. The molecule has 0 spiro atoms. The van der Waals surface area contributed by atoms with Crippen molar-refractivity contribution in [2.45, 2.75) is 53.6 Å². The van der Waals surface area contributed by atoms with Crippen LogP contribution >= 0.6 is 0 Å². The molecule has 1 atom stereocenters. The Morgan fingerprint density at radius 1 is 1.03 bits per heavy atom. The average molecular weight is 516 g/mol. The van der Waals surface area contributed by atoms with Crippen molar-refractivity contribution in [1.29, 1.82) is 0 Å². The van der Waals surface area contributed by atoms with Gasteiger partial charge in [-0.05, 0) is 43.9 Å². The van der Waals surface area contributed by atoms with Gasteiger partial charge in [-0.2, -0.15) is 0 Å². The lowest BCUT2D eigenvalue weighted by molar-refractivity contribution is -0.140. The van der Waals surface area contributed by atoms with E-state index >= 15 is 0 Å². The molecule has 0 bridgehead atoms. The SMILES string of the molecule is CC[C@H](C(=O)NCC(C)C)N(Cc1ccc(C)cc1)C(=O)CN(c1cccc(C(C)=O)c1)S(C)(=O)=O. The van der Waals surface area contributed by atoms with Gasteiger partial charge in [-0.1, -0.05) is 62.7 Å². The van der Waals surface area contributed by atoms with Crippen molar-refractivity contribution < 1.29 is 22.8 Å². The second kappa shape index (κ2) is 12.7. The second-order valence-electron chi connectivity index (χ2n) is 9.45. The zero-order valence-corrected chi connectivity index (χ0v) is 22.8. The van der Waals surface area contributed by atoms with Crippen LogP contribution in [0.5, 0.6) is 0 Å². The highest BCUT2D eigenvalue weighted by Crippen LogP contribution is 2.21. The number of ketones is 1. The molecule has 8 nitrogen and oxygen atoms in total. The van der Waals surface area contributed by atoms with Crippen molar-refractivity contribution >= 4 is 33.3 Å². The fraction of sp³-hybridized carbons (Fsp3) is 0.444. The van der Waals surface area contributed by atoms with E-state index < -0.39 is 28.5 Å². The smallest absolute Gasteiger partial charge is 0.244 e. The first kappa shape index (κ1) is 29.0. The fourth-order valence-electron chi connectivity index (χ4n) is 3.73. The van der Waals surface area contributed by atoms with E-state index in [2.05, 4.69) is 5.32 Å². The Kier molecular flexibility index (Phi) is 10.2. The van der Waals surface area contributed by atoms with Crippen molar-refractivity contribution in [3.05, 3.63) is 65.2 Å². The molecule has 0 fully saturated rings. The molecule has 36 heavy (non-hydrogen) atoms. The molecule has 0 saturated heterocycles. The van der Waals surface area contributed by atoms with Crippen molar-refractivity contribution in [1.82, 2.24) is 10.2 Å². The molecule has 0 aliphatic heterocycles. The van der Waals surface area contributed by atoms with Gasteiger partial charge in [-0.15, -0.1) is 0 Å². The van der Waals surface area contributed by atoms with Gasteiger partial charge in [0.05, 0.1) is 11.9 Å². The highest BCUT2D eigenvalue weighted by atomic mass is 32.2. The van der Waals surface area contributed by atoms with Crippen LogP contribution in [0.4, 0.5) is 5.69 Å². The van der Waals surface area contributed by atoms with E-state index in [1.165, 1.54) is 24.0 Å². The third kappa shape index (κ3) is 8.19. The van der Waals surface area contributed by atoms with Crippen molar-refractivity contribution in [2.24, 2.45) is 5.92 Å². The van der Waals surface area contributed by atoms with Gasteiger partial charge >= 0.3 is 0 Å². The van der Waals surface area contributed by atoms with Crippen LogP contribution in [0.25, 0.3) is 0 Å². The predicted molar refractivity (Wildman–Crippen MR) is 142 cm³/mol. The molecule has 0 aromatic heterocycles. The number of carbonyl (C=O) groups excluding carboxylic acids is 3. The zero-order chi connectivity index (χ0) is 27.0. The molecule has 0 heterocycles. The quantitative estimate of drug-likeness (QED) is 0.436. The summed E-state index contributed by atoms with van der Waals surface area (Å²) in [6.07, 6.45) is 1.37. The summed E-state index contributed by atoms with van der Waals surface area (Å²) in [5, 5.41) is 2.90. The molecule has 9 heteroatoms. The number of anilines is 1. The van der Waals surface area contributed by atoms with Gasteiger partial charge in [0.2, 0.25) is 21.8 Å². The van der Waals surface area contributed by atoms with Crippen LogP contribution < -0.4 is 9.62 Å². The molecule has 196 valence electrons. The molecule has 0 radical (unpaired) electrons. The molecular weight excluding hydrogens is 478 g/mol. The Morgan fingerprint density at radius 2 is 1.67 bits per heavy atom. The highest BCUT2D eigenvalue weighted by molar-refractivity contribution is 7.92. The number of nitrogens with zero attached hydrogens (tertiary/aromatic N) is 2. The number of aryl methyl sites for hydroxylation is 1. The van der Waals surface area contributed by atoms with Crippen LogP contribution in [0.1, 0.15) is 55.6 Å². The summed E-state index contributed by atoms with van der Waals surface area (Å²) in [5.41, 5.74) is 2.44. The average Bonchev–Trinajstić information content (AvgIpc) is 2.81. The van der Waals surface area contributed by atoms with Gasteiger partial charge in [-0.25, -0.2) is 8.42 Å². The minimum absolute atomic E-state index is 0.151. The minimum Gasteiger partial charge on any atom is -0.354 e. The predicted octanol–water partition coefficient (Wildman–Crippen LogP) is 3.54. The lowest BCUT2D eigenvalue weighted by Crippen LogP contribution is -2.52. The van der Waals surface area contributed by atoms with Crippen LogP contribution in [0.15, 0.2) is 48.5 Å². The first-order valence-electron chi connectivity index (χ1n) is 12.0. The number of hydrogen-bond donors (Lipinski definition) is 1. The van der Waals surface area contributed by atoms with Gasteiger partial charge in [0.1, 0.15) is 12.6 Å². The lowest BCUT2D eigenvalue weighted by atomic mass is 10.1. The summed E-state index contributed by atoms with van der Waals surface area (Å²) in [6.45, 7) is 9.25. The number of hydrogen-bond acceptors (Lipinski definition) is 5. The van der Waals surface area contributed by atoms with Gasteiger partial charge in [0.15, 0.2) is 5.78 Å². The number of Topliss-reactive ketones (excluding diaryl/α,β-unsaturated/α-hetero) is 1.